The van der Waals surface area contributed by atoms with Gasteiger partial charge in [0.05, 0.1) is 10.6 Å². The maximum atomic E-state index is 12.2. The van der Waals surface area contributed by atoms with Gasteiger partial charge in [0.2, 0.25) is 0 Å². The summed E-state index contributed by atoms with van der Waals surface area (Å²) in [6.07, 6.45) is -4.93. The number of alkyl halides is 3. The van der Waals surface area contributed by atoms with E-state index in [1.54, 1.807) is 19.1 Å². The van der Waals surface area contributed by atoms with Crippen LogP contribution in [-0.2, 0) is 10.0 Å². The van der Waals surface area contributed by atoms with Gasteiger partial charge in [-0.25, -0.2) is 8.42 Å². The molecule has 9 heteroatoms. The van der Waals surface area contributed by atoms with Crippen molar-refractivity contribution in [3.63, 3.8) is 0 Å². The summed E-state index contributed by atoms with van der Waals surface area (Å²) >= 11 is 0. The number of ether oxygens (including phenoxy) is 1. The molecule has 0 saturated carbocycles. The van der Waals surface area contributed by atoms with Crippen LogP contribution in [0, 0.1) is 6.92 Å². The van der Waals surface area contributed by atoms with Gasteiger partial charge in [0.25, 0.3) is 10.0 Å². The molecular formula is C14H12F3NO4S. The monoisotopic (exact) mass is 347 g/mol. The van der Waals surface area contributed by atoms with Crippen molar-refractivity contribution in [2.24, 2.45) is 0 Å². The van der Waals surface area contributed by atoms with Gasteiger partial charge in [-0.3, -0.25) is 4.72 Å². The average Bonchev–Trinajstić information content (AvgIpc) is 2.41. The van der Waals surface area contributed by atoms with E-state index < -0.39 is 33.6 Å². The SMILES string of the molecule is Cc1ccc(S(=O)(=O)Nc2cc(OC(F)(F)F)ccc2O)cc1. The van der Waals surface area contributed by atoms with E-state index in [2.05, 4.69) is 4.74 Å². The number of aryl methyl sites for hydroxylation is 1. The summed E-state index contributed by atoms with van der Waals surface area (Å²) in [5.41, 5.74) is 0.416. The number of halogens is 3. The van der Waals surface area contributed by atoms with Crippen molar-refractivity contribution in [1.29, 1.82) is 0 Å². The van der Waals surface area contributed by atoms with E-state index >= 15 is 0 Å². The Hall–Kier alpha value is -2.42. The number of hydrogen-bond donors (Lipinski definition) is 2. The van der Waals surface area contributed by atoms with E-state index in [-0.39, 0.29) is 4.90 Å². The average molecular weight is 347 g/mol. The fourth-order valence-electron chi connectivity index (χ4n) is 1.72. The largest absolute Gasteiger partial charge is 0.573 e. The summed E-state index contributed by atoms with van der Waals surface area (Å²) in [6, 6.07) is 8.32. The Kier molecular flexibility index (Phi) is 4.42. The third-order valence-electron chi connectivity index (χ3n) is 2.78. The zero-order valence-corrected chi connectivity index (χ0v) is 12.6. The molecule has 23 heavy (non-hydrogen) atoms. The quantitative estimate of drug-likeness (QED) is 0.831. The van der Waals surface area contributed by atoms with Crippen LogP contribution in [0.4, 0.5) is 18.9 Å². The molecule has 0 amide bonds. The number of aromatic hydroxyl groups is 1. The molecule has 0 aliphatic rings. The van der Waals surface area contributed by atoms with E-state index in [4.69, 9.17) is 0 Å². The predicted octanol–water partition coefficient (Wildman–Crippen LogP) is 3.40. The summed E-state index contributed by atoms with van der Waals surface area (Å²) in [4.78, 5) is -0.0929. The molecule has 2 N–H and O–H groups in total. The van der Waals surface area contributed by atoms with Crippen molar-refractivity contribution >= 4 is 15.7 Å². The lowest BCUT2D eigenvalue weighted by molar-refractivity contribution is -0.274. The fraction of sp³-hybridized carbons (Fsp3) is 0.143. The maximum absolute atomic E-state index is 12.2. The molecule has 2 aromatic carbocycles. The highest BCUT2D eigenvalue weighted by atomic mass is 32.2. The number of nitrogens with one attached hydrogen (secondary N) is 1. The highest BCUT2D eigenvalue weighted by molar-refractivity contribution is 7.92. The zero-order chi connectivity index (χ0) is 17.3. The van der Waals surface area contributed by atoms with Crippen LogP contribution in [0.15, 0.2) is 47.4 Å². The van der Waals surface area contributed by atoms with Crippen LogP contribution >= 0.6 is 0 Å². The molecule has 0 radical (unpaired) electrons. The van der Waals surface area contributed by atoms with Crippen LogP contribution in [0.25, 0.3) is 0 Å². The van der Waals surface area contributed by atoms with E-state index in [0.29, 0.717) is 0 Å². The first-order valence-corrected chi connectivity index (χ1v) is 7.73. The van der Waals surface area contributed by atoms with Crippen molar-refractivity contribution in [2.45, 2.75) is 18.2 Å². The first-order valence-electron chi connectivity index (χ1n) is 6.25. The lowest BCUT2D eigenvalue weighted by Crippen LogP contribution is -2.17. The number of phenolic OH excluding ortho intramolecular Hbond substituents is 1. The van der Waals surface area contributed by atoms with Gasteiger partial charge < -0.3 is 9.84 Å². The fourth-order valence-corrected chi connectivity index (χ4v) is 2.78. The molecule has 2 rings (SSSR count). The second kappa shape index (κ2) is 5.99. The van der Waals surface area contributed by atoms with Gasteiger partial charge in [-0.15, -0.1) is 13.2 Å². The van der Waals surface area contributed by atoms with Crippen molar-refractivity contribution in [2.75, 3.05) is 4.72 Å². The number of phenols is 1. The molecule has 0 bridgehead atoms. The molecule has 124 valence electrons. The topological polar surface area (TPSA) is 75.6 Å². The maximum Gasteiger partial charge on any atom is 0.573 e. The minimum atomic E-state index is -4.93. The second-order valence-electron chi connectivity index (χ2n) is 4.65. The molecule has 0 atom stereocenters. The third kappa shape index (κ3) is 4.52. The van der Waals surface area contributed by atoms with Gasteiger partial charge in [0, 0.05) is 6.07 Å². The summed E-state index contributed by atoms with van der Waals surface area (Å²) in [6.45, 7) is 1.77. The van der Waals surface area contributed by atoms with Crippen molar-refractivity contribution < 1.29 is 31.4 Å². The molecule has 2 aromatic rings. The minimum Gasteiger partial charge on any atom is -0.506 e. The van der Waals surface area contributed by atoms with Crippen molar-refractivity contribution in [3.8, 4) is 11.5 Å². The molecular weight excluding hydrogens is 335 g/mol. The summed E-state index contributed by atoms with van der Waals surface area (Å²) < 4.78 is 66.6. The van der Waals surface area contributed by atoms with Crippen LogP contribution in [-0.4, -0.2) is 19.9 Å². The normalized spacial score (nSPS) is 12.0. The molecule has 0 fully saturated rings. The van der Waals surface area contributed by atoms with E-state index in [9.17, 15) is 26.7 Å². The van der Waals surface area contributed by atoms with Crippen LogP contribution < -0.4 is 9.46 Å². The highest BCUT2D eigenvalue weighted by Crippen LogP contribution is 2.32. The first-order chi connectivity index (χ1) is 10.6. The summed E-state index contributed by atoms with van der Waals surface area (Å²) in [5, 5.41) is 9.62. The lowest BCUT2D eigenvalue weighted by atomic mass is 10.2. The van der Waals surface area contributed by atoms with Crippen LogP contribution in [0.5, 0.6) is 11.5 Å². The Morgan fingerprint density at radius 3 is 2.26 bits per heavy atom. The summed E-state index contributed by atoms with van der Waals surface area (Å²) in [7, 11) is -4.06. The van der Waals surface area contributed by atoms with Crippen molar-refractivity contribution in [3.05, 3.63) is 48.0 Å². The van der Waals surface area contributed by atoms with Gasteiger partial charge in [0.1, 0.15) is 11.5 Å². The Labute approximate surface area is 130 Å². The van der Waals surface area contributed by atoms with Crippen LogP contribution in [0.1, 0.15) is 5.56 Å². The zero-order valence-electron chi connectivity index (χ0n) is 11.8. The van der Waals surface area contributed by atoms with Gasteiger partial charge in [0.15, 0.2) is 0 Å². The molecule has 0 unspecified atom stereocenters. The van der Waals surface area contributed by atoms with E-state index in [0.717, 1.165) is 23.8 Å². The molecule has 0 spiro atoms. The highest BCUT2D eigenvalue weighted by Gasteiger charge is 2.31. The van der Waals surface area contributed by atoms with Gasteiger partial charge >= 0.3 is 6.36 Å². The predicted molar refractivity (Wildman–Crippen MR) is 76.8 cm³/mol. The first kappa shape index (κ1) is 16.9. The standard InChI is InChI=1S/C14H12F3NO4S/c1-9-2-5-11(6-3-9)23(20,21)18-12-8-10(4-7-13(12)19)22-14(15,16)17/h2-8,18-19H,1H3. The Bertz CT molecular complexity index is 802. The number of hydrogen-bond acceptors (Lipinski definition) is 4. The molecule has 0 heterocycles. The number of sulfonamides is 1. The summed E-state index contributed by atoms with van der Waals surface area (Å²) in [5.74, 6) is -1.19. The van der Waals surface area contributed by atoms with Gasteiger partial charge in [-0.1, -0.05) is 17.7 Å². The van der Waals surface area contributed by atoms with Crippen LogP contribution in [0.3, 0.4) is 0 Å². The Morgan fingerprint density at radius 2 is 1.70 bits per heavy atom. The second-order valence-corrected chi connectivity index (χ2v) is 6.33. The Morgan fingerprint density at radius 1 is 1.09 bits per heavy atom. The van der Waals surface area contributed by atoms with E-state index in [1.807, 2.05) is 4.72 Å². The minimum absolute atomic E-state index is 0.0929. The third-order valence-corrected chi connectivity index (χ3v) is 4.16. The molecule has 0 aliphatic heterocycles. The molecule has 0 aliphatic carbocycles. The van der Waals surface area contributed by atoms with Crippen LogP contribution in [0.2, 0.25) is 0 Å². The number of rotatable bonds is 4. The van der Waals surface area contributed by atoms with Gasteiger partial charge in [-0.05, 0) is 31.2 Å². The molecule has 0 saturated heterocycles. The molecule has 0 aromatic heterocycles. The lowest BCUT2D eigenvalue weighted by Gasteiger charge is -2.13. The van der Waals surface area contributed by atoms with Crippen molar-refractivity contribution in [1.82, 2.24) is 0 Å². The Balaban J connectivity index is 2.31. The smallest absolute Gasteiger partial charge is 0.506 e. The number of benzene rings is 2. The molecule has 5 nitrogen and oxygen atoms in total. The number of anilines is 1. The van der Waals surface area contributed by atoms with Gasteiger partial charge in [-0.2, -0.15) is 0 Å². The van der Waals surface area contributed by atoms with E-state index in [1.165, 1.54) is 12.1 Å².